The first-order chi connectivity index (χ1) is 13.1. The SMILES string of the molecule is COc1cccc(CCCN(C)C[C@@H]2CCCN(C)[C@H]2c2cnn(C)c2)c1. The highest BCUT2D eigenvalue weighted by Gasteiger charge is 2.31. The number of rotatable bonds is 8. The van der Waals surface area contributed by atoms with E-state index in [1.54, 1.807) is 7.11 Å². The molecule has 0 radical (unpaired) electrons. The number of hydrogen-bond acceptors (Lipinski definition) is 4. The lowest BCUT2D eigenvalue weighted by Crippen LogP contribution is -2.41. The van der Waals surface area contributed by atoms with E-state index in [1.807, 2.05) is 24.0 Å². The molecule has 148 valence electrons. The van der Waals surface area contributed by atoms with Crippen molar-refractivity contribution < 1.29 is 4.74 Å². The first-order valence-electron chi connectivity index (χ1n) is 10.1. The summed E-state index contributed by atoms with van der Waals surface area (Å²) in [5, 5.41) is 4.40. The minimum atomic E-state index is 0.480. The minimum absolute atomic E-state index is 0.480. The van der Waals surface area contributed by atoms with Gasteiger partial charge in [-0.25, -0.2) is 0 Å². The van der Waals surface area contributed by atoms with E-state index >= 15 is 0 Å². The highest BCUT2D eigenvalue weighted by atomic mass is 16.5. The topological polar surface area (TPSA) is 33.5 Å². The van der Waals surface area contributed by atoms with Crippen molar-refractivity contribution in [2.75, 3.05) is 40.8 Å². The Morgan fingerprint density at radius 2 is 2.15 bits per heavy atom. The summed E-state index contributed by atoms with van der Waals surface area (Å²) in [5.41, 5.74) is 2.71. The van der Waals surface area contributed by atoms with Gasteiger partial charge in [0.2, 0.25) is 0 Å². The van der Waals surface area contributed by atoms with Crippen LogP contribution in [0.5, 0.6) is 5.75 Å². The summed E-state index contributed by atoms with van der Waals surface area (Å²) in [6.07, 6.45) is 9.08. The van der Waals surface area contributed by atoms with Gasteiger partial charge in [-0.15, -0.1) is 0 Å². The maximum Gasteiger partial charge on any atom is 0.119 e. The van der Waals surface area contributed by atoms with Crippen LogP contribution < -0.4 is 4.74 Å². The first-order valence-corrected chi connectivity index (χ1v) is 10.1. The number of aromatic nitrogens is 2. The fourth-order valence-electron chi connectivity index (χ4n) is 4.44. The van der Waals surface area contributed by atoms with Gasteiger partial charge >= 0.3 is 0 Å². The molecule has 1 aromatic heterocycles. The molecular formula is C22H34N4O. The fraction of sp³-hybridized carbons (Fsp3) is 0.591. The zero-order valence-electron chi connectivity index (χ0n) is 17.3. The Balaban J connectivity index is 1.53. The van der Waals surface area contributed by atoms with Crippen molar-refractivity contribution in [1.29, 1.82) is 0 Å². The van der Waals surface area contributed by atoms with Gasteiger partial charge < -0.3 is 9.64 Å². The molecule has 0 spiro atoms. The van der Waals surface area contributed by atoms with Gasteiger partial charge in [-0.1, -0.05) is 12.1 Å². The third-order valence-electron chi connectivity index (χ3n) is 5.76. The summed E-state index contributed by atoms with van der Waals surface area (Å²) in [5.74, 6) is 1.61. The second-order valence-electron chi connectivity index (χ2n) is 7.99. The number of ether oxygens (including phenoxy) is 1. The van der Waals surface area contributed by atoms with Crippen molar-refractivity contribution in [3.05, 3.63) is 47.8 Å². The van der Waals surface area contributed by atoms with Crippen LogP contribution in [0.25, 0.3) is 0 Å². The average Bonchev–Trinajstić information content (AvgIpc) is 3.08. The van der Waals surface area contributed by atoms with E-state index in [0.717, 1.165) is 25.3 Å². The maximum atomic E-state index is 5.33. The van der Waals surface area contributed by atoms with Crippen LogP contribution in [0.4, 0.5) is 0 Å². The Morgan fingerprint density at radius 1 is 1.30 bits per heavy atom. The number of piperidine rings is 1. The molecule has 0 saturated carbocycles. The van der Waals surface area contributed by atoms with E-state index in [4.69, 9.17) is 4.74 Å². The summed E-state index contributed by atoms with van der Waals surface area (Å²) in [6, 6.07) is 8.90. The van der Waals surface area contributed by atoms with Crippen LogP contribution in [0.3, 0.4) is 0 Å². The van der Waals surface area contributed by atoms with Gasteiger partial charge in [0.05, 0.1) is 13.3 Å². The molecule has 1 aliphatic heterocycles. The molecule has 2 atom stereocenters. The first kappa shape index (κ1) is 19.9. The average molecular weight is 371 g/mol. The van der Waals surface area contributed by atoms with Gasteiger partial charge in [0.1, 0.15) is 5.75 Å². The summed E-state index contributed by atoms with van der Waals surface area (Å²) in [4.78, 5) is 5.02. The predicted octanol–water partition coefficient (Wildman–Crippen LogP) is 3.38. The quantitative estimate of drug-likeness (QED) is 0.713. The smallest absolute Gasteiger partial charge is 0.119 e. The summed E-state index contributed by atoms with van der Waals surface area (Å²) in [7, 11) is 8.26. The van der Waals surface area contributed by atoms with Crippen LogP contribution in [0, 0.1) is 5.92 Å². The molecule has 5 heteroatoms. The normalized spacial score (nSPS) is 20.9. The van der Waals surface area contributed by atoms with Crippen LogP contribution in [0.2, 0.25) is 0 Å². The molecule has 5 nitrogen and oxygen atoms in total. The molecule has 1 aliphatic rings. The summed E-state index contributed by atoms with van der Waals surface area (Å²) in [6.45, 7) is 3.44. The van der Waals surface area contributed by atoms with Crippen molar-refractivity contribution in [3.8, 4) is 5.75 Å². The molecule has 1 fully saturated rings. The molecule has 0 bridgehead atoms. The highest BCUT2D eigenvalue weighted by Crippen LogP contribution is 2.35. The van der Waals surface area contributed by atoms with E-state index in [1.165, 1.54) is 36.9 Å². The van der Waals surface area contributed by atoms with Crippen LogP contribution in [-0.4, -0.2) is 60.4 Å². The molecule has 1 saturated heterocycles. The van der Waals surface area contributed by atoms with Crippen LogP contribution >= 0.6 is 0 Å². The summed E-state index contributed by atoms with van der Waals surface area (Å²) < 4.78 is 7.25. The van der Waals surface area contributed by atoms with Crippen LogP contribution in [0.1, 0.15) is 36.4 Å². The van der Waals surface area contributed by atoms with E-state index in [2.05, 4.69) is 53.4 Å². The van der Waals surface area contributed by atoms with Gasteiger partial charge in [0.25, 0.3) is 0 Å². The Labute approximate surface area is 163 Å². The summed E-state index contributed by atoms with van der Waals surface area (Å²) >= 11 is 0. The van der Waals surface area contributed by atoms with Crippen molar-refractivity contribution in [2.24, 2.45) is 13.0 Å². The van der Waals surface area contributed by atoms with Gasteiger partial charge in [0, 0.05) is 31.4 Å². The lowest BCUT2D eigenvalue weighted by molar-refractivity contribution is 0.0941. The third-order valence-corrected chi connectivity index (χ3v) is 5.76. The number of hydrogen-bond donors (Lipinski definition) is 0. The second kappa shape index (κ2) is 9.38. The van der Waals surface area contributed by atoms with E-state index in [-0.39, 0.29) is 0 Å². The van der Waals surface area contributed by atoms with Gasteiger partial charge in [-0.2, -0.15) is 5.10 Å². The Morgan fingerprint density at radius 3 is 2.89 bits per heavy atom. The Bertz CT molecular complexity index is 714. The van der Waals surface area contributed by atoms with Crippen molar-refractivity contribution in [2.45, 2.75) is 31.7 Å². The molecule has 0 unspecified atom stereocenters. The molecule has 1 aromatic carbocycles. The molecule has 2 heterocycles. The Hall–Kier alpha value is -1.85. The van der Waals surface area contributed by atoms with Gasteiger partial charge in [-0.05, 0) is 76.5 Å². The predicted molar refractivity (Wildman–Crippen MR) is 110 cm³/mol. The Kier molecular flexibility index (Phi) is 6.91. The van der Waals surface area contributed by atoms with E-state index in [0.29, 0.717) is 12.0 Å². The largest absolute Gasteiger partial charge is 0.497 e. The molecule has 0 aliphatic carbocycles. The number of likely N-dealkylation sites (tertiary alicyclic amines) is 1. The van der Waals surface area contributed by atoms with Crippen molar-refractivity contribution >= 4 is 0 Å². The molecule has 3 rings (SSSR count). The van der Waals surface area contributed by atoms with Crippen molar-refractivity contribution in [1.82, 2.24) is 19.6 Å². The standard InChI is InChI=1S/C22H34N4O/c1-24(12-6-9-18-8-5-11-21(14-18)27-4)16-19-10-7-13-25(2)22(19)20-15-23-26(3)17-20/h5,8,11,14-15,17,19,22H,6-7,9-10,12-13,16H2,1-4H3/t19-,22+/m0/s1. The zero-order valence-corrected chi connectivity index (χ0v) is 17.3. The number of aryl methyl sites for hydroxylation is 2. The minimum Gasteiger partial charge on any atom is -0.497 e. The maximum absolute atomic E-state index is 5.33. The monoisotopic (exact) mass is 370 g/mol. The molecule has 27 heavy (non-hydrogen) atoms. The second-order valence-corrected chi connectivity index (χ2v) is 7.99. The lowest BCUT2D eigenvalue weighted by Gasteiger charge is -2.40. The third kappa shape index (κ3) is 5.33. The zero-order chi connectivity index (χ0) is 19.2. The van der Waals surface area contributed by atoms with Crippen LogP contribution in [0.15, 0.2) is 36.7 Å². The molecule has 2 aromatic rings. The van der Waals surface area contributed by atoms with Crippen molar-refractivity contribution in [3.63, 3.8) is 0 Å². The van der Waals surface area contributed by atoms with E-state index < -0.39 is 0 Å². The molecule has 0 N–H and O–H groups in total. The van der Waals surface area contributed by atoms with Gasteiger partial charge in [0.15, 0.2) is 0 Å². The number of methoxy groups -OCH3 is 1. The number of nitrogens with zero attached hydrogens (tertiary/aromatic N) is 4. The van der Waals surface area contributed by atoms with Gasteiger partial charge in [-0.3, -0.25) is 9.58 Å². The lowest BCUT2D eigenvalue weighted by atomic mass is 9.85. The molecular weight excluding hydrogens is 336 g/mol. The highest BCUT2D eigenvalue weighted by molar-refractivity contribution is 5.28. The van der Waals surface area contributed by atoms with E-state index in [9.17, 15) is 0 Å². The number of benzene rings is 1. The fourth-order valence-corrected chi connectivity index (χ4v) is 4.44. The molecule has 0 amide bonds. The van der Waals surface area contributed by atoms with Crippen LogP contribution in [-0.2, 0) is 13.5 Å².